The number of nitrogens with zero attached hydrogens (tertiary/aromatic N) is 3. The summed E-state index contributed by atoms with van der Waals surface area (Å²) >= 11 is 0. The molecule has 0 aliphatic rings. The van der Waals surface area contributed by atoms with E-state index < -0.39 is 0 Å². The van der Waals surface area contributed by atoms with E-state index in [0.717, 1.165) is 5.56 Å². The topological polar surface area (TPSA) is 70.7 Å². The summed E-state index contributed by atoms with van der Waals surface area (Å²) < 4.78 is 1.62. The lowest BCUT2D eigenvalue weighted by Crippen LogP contribution is -2.13. The molecule has 1 N–H and O–H groups in total. The highest BCUT2D eigenvalue weighted by atomic mass is 16.1. The van der Waals surface area contributed by atoms with Crippen molar-refractivity contribution in [2.75, 3.05) is 5.32 Å². The summed E-state index contributed by atoms with van der Waals surface area (Å²) in [5.41, 5.74) is 2.14. The van der Waals surface area contributed by atoms with E-state index in [-0.39, 0.29) is 12.3 Å². The van der Waals surface area contributed by atoms with Crippen LogP contribution in [0, 0.1) is 11.3 Å². The summed E-state index contributed by atoms with van der Waals surface area (Å²) in [7, 11) is 1.79. The highest BCUT2D eigenvalue weighted by Gasteiger charge is 2.05. The molecule has 1 aromatic heterocycles. The molecule has 1 aromatic carbocycles. The van der Waals surface area contributed by atoms with Gasteiger partial charge in [0.05, 0.1) is 29.9 Å². The highest BCUT2D eigenvalue weighted by molar-refractivity contribution is 5.91. The first-order valence-corrected chi connectivity index (χ1v) is 5.45. The first kappa shape index (κ1) is 11.9. The molecular formula is C13H12N4O. The number of aromatic nitrogens is 2. The second kappa shape index (κ2) is 5.15. The van der Waals surface area contributed by atoms with Crippen molar-refractivity contribution in [1.29, 1.82) is 5.26 Å². The van der Waals surface area contributed by atoms with Gasteiger partial charge < -0.3 is 5.32 Å². The molecule has 0 aliphatic heterocycles. The average molecular weight is 240 g/mol. The zero-order valence-electron chi connectivity index (χ0n) is 9.92. The van der Waals surface area contributed by atoms with Gasteiger partial charge in [0.2, 0.25) is 5.91 Å². The molecule has 0 bridgehead atoms. The predicted octanol–water partition coefficient (Wildman–Crippen LogP) is 1.47. The summed E-state index contributed by atoms with van der Waals surface area (Å²) in [5.74, 6) is -0.104. The van der Waals surface area contributed by atoms with E-state index >= 15 is 0 Å². The van der Waals surface area contributed by atoms with Gasteiger partial charge in [0, 0.05) is 13.2 Å². The normalized spacial score (nSPS) is 9.78. The van der Waals surface area contributed by atoms with E-state index in [1.807, 2.05) is 6.07 Å². The van der Waals surface area contributed by atoms with Crippen LogP contribution in [0.2, 0.25) is 0 Å². The molecule has 0 spiro atoms. The van der Waals surface area contributed by atoms with Crippen LogP contribution in [0.3, 0.4) is 0 Å². The van der Waals surface area contributed by atoms with Crippen LogP contribution in [0.1, 0.15) is 11.1 Å². The van der Waals surface area contributed by atoms with E-state index in [1.165, 1.54) is 0 Å². The molecule has 0 saturated heterocycles. The third kappa shape index (κ3) is 2.95. The SMILES string of the molecule is Cn1cc(NC(=O)Cc2ccc(C#N)cc2)cn1. The van der Waals surface area contributed by atoms with Crippen molar-refractivity contribution < 1.29 is 4.79 Å². The van der Waals surface area contributed by atoms with Crippen LogP contribution in [0.15, 0.2) is 36.7 Å². The second-order valence-corrected chi connectivity index (χ2v) is 3.94. The van der Waals surface area contributed by atoms with Crippen LogP contribution in [-0.2, 0) is 18.3 Å². The predicted molar refractivity (Wildman–Crippen MR) is 66.7 cm³/mol. The number of carbonyl (C=O) groups is 1. The summed E-state index contributed by atoms with van der Waals surface area (Å²) in [5, 5.41) is 15.4. The van der Waals surface area contributed by atoms with E-state index in [2.05, 4.69) is 10.4 Å². The Bertz CT molecular complexity index is 592. The summed E-state index contributed by atoms with van der Waals surface area (Å²) in [4.78, 5) is 11.7. The Morgan fingerprint density at radius 1 is 1.44 bits per heavy atom. The third-order valence-electron chi connectivity index (χ3n) is 2.44. The van der Waals surface area contributed by atoms with Gasteiger partial charge >= 0.3 is 0 Å². The van der Waals surface area contributed by atoms with Gasteiger partial charge in [-0.25, -0.2) is 0 Å². The maximum absolute atomic E-state index is 11.7. The van der Waals surface area contributed by atoms with Gasteiger partial charge in [0.25, 0.3) is 0 Å². The molecule has 18 heavy (non-hydrogen) atoms. The van der Waals surface area contributed by atoms with E-state index in [9.17, 15) is 4.79 Å². The second-order valence-electron chi connectivity index (χ2n) is 3.94. The number of nitrogens with one attached hydrogen (secondary N) is 1. The lowest BCUT2D eigenvalue weighted by atomic mass is 10.1. The lowest BCUT2D eigenvalue weighted by molar-refractivity contribution is -0.115. The van der Waals surface area contributed by atoms with Crippen LogP contribution in [0.4, 0.5) is 5.69 Å². The minimum absolute atomic E-state index is 0.104. The average Bonchev–Trinajstić information content (AvgIpc) is 2.75. The van der Waals surface area contributed by atoms with Crippen LogP contribution in [0.25, 0.3) is 0 Å². The van der Waals surface area contributed by atoms with Crippen molar-refractivity contribution in [3.8, 4) is 6.07 Å². The summed E-state index contributed by atoms with van der Waals surface area (Å²) in [6.07, 6.45) is 3.61. The molecule has 0 radical (unpaired) electrons. The Hall–Kier alpha value is -2.61. The monoisotopic (exact) mass is 240 g/mol. The fourth-order valence-corrected chi connectivity index (χ4v) is 1.57. The minimum atomic E-state index is -0.104. The molecule has 0 fully saturated rings. The first-order chi connectivity index (χ1) is 8.67. The quantitative estimate of drug-likeness (QED) is 0.883. The summed E-state index contributed by atoms with van der Waals surface area (Å²) in [6.45, 7) is 0. The molecule has 90 valence electrons. The van der Waals surface area contributed by atoms with E-state index in [1.54, 1.807) is 48.4 Å². The van der Waals surface area contributed by atoms with E-state index in [4.69, 9.17) is 5.26 Å². The van der Waals surface area contributed by atoms with Crippen LogP contribution >= 0.6 is 0 Å². The lowest BCUT2D eigenvalue weighted by Gasteiger charge is -2.02. The number of rotatable bonds is 3. The van der Waals surface area contributed by atoms with Gasteiger partial charge in [-0.15, -0.1) is 0 Å². The molecule has 2 rings (SSSR count). The molecular weight excluding hydrogens is 228 g/mol. The number of carbonyl (C=O) groups excluding carboxylic acids is 1. The maximum Gasteiger partial charge on any atom is 0.228 e. The number of hydrogen-bond donors (Lipinski definition) is 1. The Kier molecular flexibility index (Phi) is 3.39. The fourth-order valence-electron chi connectivity index (χ4n) is 1.57. The Morgan fingerprint density at radius 3 is 2.72 bits per heavy atom. The number of amides is 1. The Balaban J connectivity index is 1.96. The van der Waals surface area contributed by atoms with Gasteiger partial charge in [0.15, 0.2) is 0 Å². The molecule has 0 atom stereocenters. The van der Waals surface area contributed by atoms with Crippen molar-refractivity contribution in [2.24, 2.45) is 7.05 Å². The molecule has 0 saturated carbocycles. The van der Waals surface area contributed by atoms with Crippen LogP contribution in [0.5, 0.6) is 0 Å². The largest absolute Gasteiger partial charge is 0.323 e. The standard InChI is InChI=1S/C13H12N4O/c1-17-9-12(8-15-17)16-13(18)6-10-2-4-11(7-14)5-3-10/h2-5,8-9H,6H2,1H3,(H,16,18). The molecule has 1 amide bonds. The van der Waals surface area contributed by atoms with E-state index in [0.29, 0.717) is 11.3 Å². The zero-order chi connectivity index (χ0) is 13.0. The number of aryl methyl sites for hydroxylation is 1. The van der Waals surface area contributed by atoms with Crippen LogP contribution < -0.4 is 5.32 Å². The van der Waals surface area contributed by atoms with Crippen molar-refractivity contribution >= 4 is 11.6 Å². The molecule has 5 heteroatoms. The molecule has 0 unspecified atom stereocenters. The molecule has 5 nitrogen and oxygen atoms in total. The number of nitriles is 1. The third-order valence-corrected chi connectivity index (χ3v) is 2.44. The van der Waals surface area contributed by atoms with Gasteiger partial charge in [0.1, 0.15) is 0 Å². The number of anilines is 1. The molecule has 2 aromatic rings. The van der Waals surface area contributed by atoms with Crippen molar-refractivity contribution in [1.82, 2.24) is 9.78 Å². The van der Waals surface area contributed by atoms with Crippen molar-refractivity contribution in [2.45, 2.75) is 6.42 Å². The van der Waals surface area contributed by atoms with Gasteiger partial charge in [-0.05, 0) is 17.7 Å². The molecule has 0 aliphatic carbocycles. The Labute approximate surface area is 105 Å². The molecule has 1 heterocycles. The number of benzene rings is 1. The number of hydrogen-bond acceptors (Lipinski definition) is 3. The van der Waals surface area contributed by atoms with Crippen molar-refractivity contribution in [3.63, 3.8) is 0 Å². The zero-order valence-corrected chi connectivity index (χ0v) is 9.92. The highest BCUT2D eigenvalue weighted by Crippen LogP contribution is 2.07. The smallest absolute Gasteiger partial charge is 0.228 e. The van der Waals surface area contributed by atoms with Gasteiger partial charge in [-0.1, -0.05) is 12.1 Å². The van der Waals surface area contributed by atoms with Gasteiger partial charge in [-0.3, -0.25) is 9.48 Å². The Morgan fingerprint density at radius 2 is 2.17 bits per heavy atom. The fraction of sp³-hybridized carbons (Fsp3) is 0.154. The maximum atomic E-state index is 11.7. The van der Waals surface area contributed by atoms with Crippen molar-refractivity contribution in [3.05, 3.63) is 47.8 Å². The van der Waals surface area contributed by atoms with Gasteiger partial charge in [-0.2, -0.15) is 10.4 Å². The summed E-state index contributed by atoms with van der Waals surface area (Å²) in [6, 6.07) is 9.00. The minimum Gasteiger partial charge on any atom is -0.323 e. The van der Waals surface area contributed by atoms with Crippen LogP contribution in [-0.4, -0.2) is 15.7 Å². The first-order valence-electron chi connectivity index (χ1n) is 5.45.